The molecule has 0 amide bonds. The molecule has 1 aromatic carbocycles. The van der Waals surface area contributed by atoms with Gasteiger partial charge >= 0.3 is 0 Å². The number of para-hydroxylation sites is 1. The fourth-order valence-electron chi connectivity index (χ4n) is 1.54. The van der Waals surface area contributed by atoms with Crippen LogP contribution in [0.25, 0.3) is 11.0 Å². The standard InChI is InChI=1S/C13H16O3/c1-2-7-14-9-10-15-12-5-3-4-11-6-8-16-13(11)12/h3-6,8H,2,7,9-10H2,1H3. The first-order valence-electron chi connectivity index (χ1n) is 5.58. The van der Waals surface area contributed by atoms with Gasteiger partial charge in [-0.25, -0.2) is 0 Å². The van der Waals surface area contributed by atoms with Crippen molar-refractivity contribution < 1.29 is 13.9 Å². The molecule has 0 fully saturated rings. The lowest BCUT2D eigenvalue weighted by Gasteiger charge is -2.06. The van der Waals surface area contributed by atoms with E-state index in [4.69, 9.17) is 13.9 Å². The van der Waals surface area contributed by atoms with E-state index in [2.05, 4.69) is 6.92 Å². The molecule has 0 unspecified atom stereocenters. The Labute approximate surface area is 95.0 Å². The van der Waals surface area contributed by atoms with Gasteiger partial charge in [0.05, 0.1) is 12.9 Å². The van der Waals surface area contributed by atoms with Crippen LogP contribution in [0.1, 0.15) is 13.3 Å². The van der Waals surface area contributed by atoms with E-state index in [1.54, 1.807) is 6.26 Å². The Morgan fingerprint density at radius 3 is 2.94 bits per heavy atom. The van der Waals surface area contributed by atoms with Gasteiger partial charge in [-0.15, -0.1) is 0 Å². The Hall–Kier alpha value is -1.48. The van der Waals surface area contributed by atoms with Crippen molar-refractivity contribution in [1.29, 1.82) is 0 Å². The third-order valence-corrected chi connectivity index (χ3v) is 2.28. The molecule has 86 valence electrons. The van der Waals surface area contributed by atoms with Crippen LogP contribution in [0.5, 0.6) is 5.75 Å². The van der Waals surface area contributed by atoms with E-state index in [-0.39, 0.29) is 0 Å². The molecule has 3 heteroatoms. The fourth-order valence-corrected chi connectivity index (χ4v) is 1.54. The van der Waals surface area contributed by atoms with Crippen molar-refractivity contribution in [3.8, 4) is 5.75 Å². The van der Waals surface area contributed by atoms with Gasteiger partial charge in [-0.05, 0) is 18.6 Å². The normalized spacial score (nSPS) is 10.8. The van der Waals surface area contributed by atoms with Crippen LogP contribution in [-0.4, -0.2) is 19.8 Å². The van der Waals surface area contributed by atoms with Gasteiger partial charge < -0.3 is 13.9 Å². The zero-order chi connectivity index (χ0) is 11.2. The summed E-state index contributed by atoms with van der Waals surface area (Å²) < 4.78 is 16.3. The molecule has 0 saturated carbocycles. The summed E-state index contributed by atoms with van der Waals surface area (Å²) >= 11 is 0. The molecule has 0 aliphatic heterocycles. The van der Waals surface area contributed by atoms with E-state index >= 15 is 0 Å². The Bertz CT molecular complexity index is 433. The van der Waals surface area contributed by atoms with Crippen molar-refractivity contribution in [3.63, 3.8) is 0 Å². The molecule has 2 aromatic rings. The van der Waals surface area contributed by atoms with E-state index in [1.165, 1.54) is 0 Å². The summed E-state index contributed by atoms with van der Waals surface area (Å²) in [6.07, 6.45) is 2.71. The van der Waals surface area contributed by atoms with Crippen molar-refractivity contribution in [2.45, 2.75) is 13.3 Å². The van der Waals surface area contributed by atoms with Gasteiger partial charge in [0.2, 0.25) is 0 Å². The SMILES string of the molecule is CCCOCCOc1cccc2ccoc12. The Morgan fingerprint density at radius 2 is 2.06 bits per heavy atom. The maximum atomic E-state index is 5.61. The molecule has 0 bridgehead atoms. The summed E-state index contributed by atoms with van der Waals surface area (Å²) in [7, 11) is 0. The lowest BCUT2D eigenvalue weighted by atomic mass is 10.2. The van der Waals surface area contributed by atoms with Crippen molar-refractivity contribution in [3.05, 3.63) is 30.5 Å². The summed E-state index contributed by atoms with van der Waals surface area (Å²) in [6.45, 7) is 4.05. The predicted octanol–water partition coefficient (Wildman–Crippen LogP) is 3.24. The number of fused-ring (bicyclic) bond motifs is 1. The molecule has 1 aromatic heterocycles. The maximum absolute atomic E-state index is 5.61. The summed E-state index contributed by atoms with van der Waals surface area (Å²) in [5.74, 6) is 0.780. The minimum Gasteiger partial charge on any atom is -0.487 e. The Balaban J connectivity index is 1.91. The highest BCUT2D eigenvalue weighted by Gasteiger charge is 2.04. The second-order valence-corrected chi connectivity index (χ2v) is 3.56. The van der Waals surface area contributed by atoms with Gasteiger partial charge in [0, 0.05) is 12.0 Å². The minimum atomic E-state index is 0.555. The zero-order valence-corrected chi connectivity index (χ0v) is 9.44. The van der Waals surface area contributed by atoms with Crippen LogP contribution in [0.15, 0.2) is 34.9 Å². The van der Waals surface area contributed by atoms with E-state index in [0.29, 0.717) is 13.2 Å². The molecule has 0 aliphatic carbocycles. The van der Waals surface area contributed by atoms with Crippen LogP contribution in [0, 0.1) is 0 Å². The number of hydrogen-bond donors (Lipinski definition) is 0. The van der Waals surface area contributed by atoms with E-state index in [9.17, 15) is 0 Å². The molecule has 0 spiro atoms. The average molecular weight is 220 g/mol. The highest BCUT2D eigenvalue weighted by Crippen LogP contribution is 2.25. The van der Waals surface area contributed by atoms with Gasteiger partial charge in [-0.1, -0.05) is 19.1 Å². The topological polar surface area (TPSA) is 31.6 Å². The minimum absolute atomic E-state index is 0.555. The lowest BCUT2D eigenvalue weighted by molar-refractivity contribution is 0.101. The molecular formula is C13H16O3. The first-order chi connectivity index (χ1) is 7.92. The molecule has 16 heavy (non-hydrogen) atoms. The average Bonchev–Trinajstić information content (AvgIpc) is 2.77. The molecule has 0 saturated heterocycles. The highest BCUT2D eigenvalue weighted by atomic mass is 16.5. The molecule has 2 rings (SSSR count). The van der Waals surface area contributed by atoms with Crippen molar-refractivity contribution in [2.24, 2.45) is 0 Å². The van der Waals surface area contributed by atoms with Crippen LogP contribution >= 0.6 is 0 Å². The second kappa shape index (κ2) is 5.56. The monoisotopic (exact) mass is 220 g/mol. The number of ether oxygens (including phenoxy) is 2. The molecule has 1 heterocycles. The number of benzene rings is 1. The van der Waals surface area contributed by atoms with Crippen LogP contribution in [0.4, 0.5) is 0 Å². The second-order valence-electron chi connectivity index (χ2n) is 3.56. The first-order valence-corrected chi connectivity index (χ1v) is 5.58. The summed E-state index contributed by atoms with van der Waals surface area (Å²) in [6, 6.07) is 7.79. The maximum Gasteiger partial charge on any atom is 0.175 e. The lowest BCUT2D eigenvalue weighted by Crippen LogP contribution is -2.07. The third kappa shape index (κ3) is 2.55. The van der Waals surface area contributed by atoms with Crippen LogP contribution in [-0.2, 0) is 4.74 Å². The number of furan rings is 1. The quantitative estimate of drug-likeness (QED) is 0.700. The summed E-state index contributed by atoms with van der Waals surface area (Å²) in [5, 5.41) is 1.06. The van der Waals surface area contributed by atoms with E-state index < -0.39 is 0 Å². The van der Waals surface area contributed by atoms with Gasteiger partial charge in [-0.3, -0.25) is 0 Å². The molecule has 0 radical (unpaired) electrons. The number of hydrogen-bond acceptors (Lipinski definition) is 3. The van der Waals surface area contributed by atoms with E-state index in [1.807, 2.05) is 24.3 Å². The molecular weight excluding hydrogens is 204 g/mol. The van der Waals surface area contributed by atoms with Crippen molar-refractivity contribution in [1.82, 2.24) is 0 Å². The van der Waals surface area contributed by atoms with E-state index in [0.717, 1.165) is 29.7 Å². The fraction of sp³-hybridized carbons (Fsp3) is 0.385. The zero-order valence-electron chi connectivity index (χ0n) is 9.44. The van der Waals surface area contributed by atoms with Gasteiger partial charge in [0.15, 0.2) is 11.3 Å². The highest BCUT2D eigenvalue weighted by molar-refractivity contribution is 5.82. The van der Waals surface area contributed by atoms with Crippen molar-refractivity contribution in [2.75, 3.05) is 19.8 Å². The van der Waals surface area contributed by atoms with Gasteiger partial charge in [0.1, 0.15) is 6.61 Å². The summed E-state index contributed by atoms with van der Waals surface area (Å²) in [4.78, 5) is 0. The first kappa shape index (κ1) is 11.0. The third-order valence-electron chi connectivity index (χ3n) is 2.28. The van der Waals surface area contributed by atoms with Crippen LogP contribution in [0.2, 0.25) is 0 Å². The predicted molar refractivity (Wildman–Crippen MR) is 62.8 cm³/mol. The van der Waals surface area contributed by atoms with Crippen LogP contribution in [0.3, 0.4) is 0 Å². The molecule has 0 aliphatic rings. The van der Waals surface area contributed by atoms with Crippen molar-refractivity contribution >= 4 is 11.0 Å². The van der Waals surface area contributed by atoms with Gasteiger partial charge in [-0.2, -0.15) is 0 Å². The molecule has 3 nitrogen and oxygen atoms in total. The molecule has 0 atom stereocenters. The van der Waals surface area contributed by atoms with Gasteiger partial charge in [0.25, 0.3) is 0 Å². The Morgan fingerprint density at radius 1 is 1.12 bits per heavy atom. The summed E-state index contributed by atoms with van der Waals surface area (Å²) in [5.41, 5.74) is 0.804. The number of rotatable bonds is 6. The molecule has 0 N–H and O–H groups in total. The Kier molecular flexibility index (Phi) is 3.83. The largest absolute Gasteiger partial charge is 0.487 e. The smallest absolute Gasteiger partial charge is 0.175 e. The van der Waals surface area contributed by atoms with Crippen LogP contribution < -0.4 is 4.74 Å².